The maximum atomic E-state index is 13.9. The van der Waals surface area contributed by atoms with E-state index < -0.39 is 83.8 Å². The lowest BCUT2D eigenvalue weighted by Gasteiger charge is -2.28. The second-order valence-electron chi connectivity index (χ2n) is 13.2. The molecule has 0 unspecified atom stereocenters. The molecule has 0 aliphatic rings. The van der Waals surface area contributed by atoms with E-state index in [0.29, 0.717) is 12.0 Å². The Labute approximate surface area is 297 Å². The molecule has 51 heavy (non-hydrogen) atoms. The third-order valence-corrected chi connectivity index (χ3v) is 7.69. The summed E-state index contributed by atoms with van der Waals surface area (Å²) in [6.45, 7) is 9.79. The predicted octanol–water partition coefficient (Wildman–Crippen LogP) is -2.07. The third kappa shape index (κ3) is 16.1. The van der Waals surface area contributed by atoms with E-state index in [9.17, 15) is 44.1 Å². The van der Waals surface area contributed by atoms with Crippen LogP contribution in [0, 0.1) is 11.8 Å². The number of phenolic OH excluding ortho intramolecular Hbond substituents is 1. The standard InChI is InChI=1S/C33H55N9O9/c1-16(2)14-22(34)28(46)41-25(17(3)4)31(49)40-24(15-20-9-11-21(44)12-10-20)30(48)39-23(8-7-13-37-33(35)36)29(47)38-18(5)27(45)42-26(19(6)43)32(50)51/h9-12,16-19,22-26,43-44H,7-8,13-15,34H2,1-6H3,(H,38,47)(H,39,48)(H,40,49)(H,41,46)(H,42,45)(H,50,51)(H4,35,36,37)/t18-,19+,22-,23-,24-,25-,26-/m0/s1. The van der Waals surface area contributed by atoms with Crippen molar-refractivity contribution in [3.05, 3.63) is 29.8 Å². The Hall–Kier alpha value is -4.97. The molecule has 1 aromatic rings. The van der Waals surface area contributed by atoms with E-state index in [4.69, 9.17) is 17.2 Å². The Morgan fingerprint density at radius 1 is 0.745 bits per heavy atom. The average Bonchev–Trinajstić information content (AvgIpc) is 3.02. The molecule has 1 rings (SSSR count). The number of nitrogens with two attached hydrogens (primary N) is 3. The van der Waals surface area contributed by atoms with E-state index in [2.05, 4.69) is 31.6 Å². The topological polar surface area (TPSA) is 314 Å². The van der Waals surface area contributed by atoms with Crippen molar-refractivity contribution in [2.24, 2.45) is 34.0 Å². The van der Waals surface area contributed by atoms with Gasteiger partial charge in [0.25, 0.3) is 0 Å². The number of amides is 5. The Morgan fingerprint density at radius 3 is 1.80 bits per heavy atom. The van der Waals surface area contributed by atoms with Crippen LogP contribution >= 0.6 is 0 Å². The third-order valence-electron chi connectivity index (χ3n) is 7.69. The summed E-state index contributed by atoms with van der Waals surface area (Å²) >= 11 is 0. The average molecular weight is 722 g/mol. The Morgan fingerprint density at radius 2 is 1.29 bits per heavy atom. The maximum Gasteiger partial charge on any atom is 0.328 e. The van der Waals surface area contributed by atoms with E-state index in [-0.39, 0.29) is 43.4 Å². The number of aliphatic hydroxyl groups is 1. The molecule has 18 heteroatoms. The van der Waals surface area contributed by atoms with Crippen LogP contribution in [0.25, 0.3) is 0 Å². The summed E-state index contributed by atoms with van der Waals surface area (Å²) in [6, 6.07) is -1.54. The van der Waals surface area contributed by atoms with Gasteiger partial charge in [0.05, 0.1) is 12.1 Å². The fraction of sp³-hybridized carbons (Fsp3) is 0.606. The highest BCUT2D eigenvalue weighted by Crippen LogP contribution is 2.13. The summed E-state index contributed by atoms with van der Waals surface area (Å²) < 4.78 is 0. The number of carboxylic acid groups (broad SMARTS) is 1. The number of aliphatic carboxylic acids is 1. The van der Waals surface area contributed by atoms with Crippen molar-refractivity contribution in [3.8, 4) is 5.75 Å². The fourth-order valence-electron chi connectivity index (χ4n) is 4.84. The molecule has 5 amide bonds. The van der Waals surface area contributed by atoms with Crippen molar-refractivity contribution >= 4 is 41.5 Å². The number of nitrogens with one attached hydrogen (secondary N) is 5. The minimum absolute atomic E-state index is 0.0214. The van der Waals surface area contributed by atoms with Gasteiger partial charge in [-0.05, 0) is 62.6 Å². The second-order valence-corrected chi connectivity index (χ2v) is 13.2. The number of nitrogens with zero attached hydrogens (tertiary/aromatic N) is 1. The number of hydrogen-bond acceptors (Lipinski definition) is 10. The van der Waals surface area contributed by atoms with Crippen LogP contribution in [0.5, 0.6) is 5.75 Å². The number of aliphatic imine (C=N–C) groups is 1. The predicted molar refractivity (Wildman–Crippen MR) is 189 cm³/mol. The molecule has 0 aromatic heterocycles. The van der Waals surface area contributed by atoms with Crippen LogP contribution in [0.1, 0.15) is 66.4 Å². The van der Waals surface area contributed by atoms with Gasteiger partial charge in [-0.3, -0.25) is 29.0 Å². The fourth-order valence-corrected chi connectivity index (χ4v) is 4.84. The first kappa shape index (κ1) is 44.1. The van der Waals surface area contributed by atoms with Gasteiger partial charge in [-0.15, -0.1) is 0 Å². The molecule has 0 bridgehead atoms. The zero-order valence-corrected chi connectivity index (χ0v) is 30.0. The molecular weight excluding hydrogens is 666 g/mol. The number of rotatable bonds is 21. The quantitative estimate of drug-likeness (QED) is 0.0371. The van der Waals surface area contributed by atoms with Gasteiger partial charge < -0.3 is 59.1 Å². The summed E-state index contributed by atoms with van der Waals surface area (Å²) in [5.74, 6) is -5.71. The van der Waals surface area contributed by atoms with Crippen LogP contribution < -0.4 is 43.8 Å². The van der Waals surface area contributed by atoms with Crippen LogP contribution in [0.2, 0.25) is 0 Å². The van der Waals surface area contributed by atoms with Crippen molar-refractivity contribution in [2.75, 3.05) is 6.54 Å². The molecule has 0 heterocycles. The summed E-state index contributed by atoms with van der Waals surface area (Å²) in [5.41, 5.74) is 17.4. The second kappa shape index (κ2) is 21.3. The molecule has 286 valence electrons. The van der Waals surface area contributed by atoms with Crippen LogP contribution in [0.15, 0.2) is 29.3 Å². The summed E-state index contributed by atoms with van der Waals surface area (Å²) in [5, 5.41) is 41.3. The van der Waals surface area contributed by atoms with Gasteiger partial charge in [-0.1, -0.05) is 39.8 Å². The first-order valence-corrected chi connectivity index (χ1v) is 16.7. The van der Waals surface area contributed by atoms with E-state index in [1.807, 2.05) is 13.8 Å². The lowest BCUT2D eigenvalue weighted by molar-refractivity contribution is -0.145. The van der Waals surface area contributed by atoms with Gasteiger partial charge >= 0.3 is 5.97 Å². The molecule has 0 radical (unpaired) electrons. The molecule has 0 aliphatic heterocycles. The molecule has 14 N–H and O–H groups in total. The number of aromatic hydroxyl groups is 1. The highest BCUT2D eigenvalue weighted by Gasteiger charge is 2.33. The van der Waals surface area contributed by atoms with Gasteiger partial charge in [-0.25, -0.2) is 4.79 Å². The number of carboxylic acids is 1. The largest absolute Gasteiger partial charge is 0.508 e. The van der Waals surface area contributed by atoms with Gasteiger partial charge in [0.15, 0.2) is 12.0 Å². The number of benzene rings is 1. The lowest BCUT2D eigenvalue weighted by atomic mass is 9.99. The SMILES string of the molecule is CC(C)C[C@H](N)C(=O)N[C@H](C(=O)N[C@@H](Cc1ccc(O)cc1)C(=O)N[C@@H](CCCN=C(N)N)C(=O)N[C@@H](C)C(=O)N[C@H](C(=O)O)[C@@H](C)O)C(C)C. The van der Waals surface area contributed by atoms with Crippen molar-refractivity contribution < 1.29 is 44.1 Å². The minimum atomic E-state index is -1.64. The van der Waals surface area contributed by atoms with Crippen molar-refractivity contribution in [3.63, 3.8) is 0 Å². The molecule has 0 spiro atoms. The van der Waals surface area contributed by atoms with Gasteiger partial charge in [0.2, 0.25) is 29.5 Å². The van der Waals surface area contributed by atoms with Crippen LogP contribution in [-0.2, 0) is 35.2 Å². The monoisotopic (exact) mass is 721 g/mol. The first-order chi connectivity index (χ1) is 23.7. The summed E-state index contributed by atoms with van der Waals surface area (Å²) in [4.78, 5) is 81.7. The van der Waals surface area contributed by atoms with Gasteiger partial charge in [-0.2, -0.15) is 0 Å². The molecule has 0 aliphatic carbocycles. The van der Waals surface area contributed by atoms with E-state index in [1.54, 1.807) is 26.0 Å². The molecule has 0 fully saturated rings. The first-order valence-electron chi connectivity index (χ1n) is 16.7. The van der Waals surface area contributed by atoms with E-state index in [0.717, 1.165) is 0 Å². The molecule has 7 atom stereocenters. The Bertz CT molecular complexity index is 1370. The maximum absolute atomic E-state index is 13.9. The molecule has 1 aromatic carbocycles. The zero-order chi connectivity index (χ0) is 39.0. The van der Waals surface area contributed by atoms with Gasteiger partial charge in [0, 0.05) is 13.0 Å². The smallest absolute Gasteiger partial charge is 0.328 e. The molecule has 0 saturated carbocycles. The zero-order valence-electron chi connectivity index (χ0n) is 30.0. The van der Waals surface area contributed by atoms with Crippen LogP contribution in [0.3, 0.4) is 0 Å². The molecule has 0 saturated heterocycles. The Balaban J connectivity index is 3.34. The molecular formula is C33H55N9O9. The van der Waals surface area contributed by atoms with E-state index >= 15 is 0 Å². The van der Waals surface area contributed by atoms with Crippen molar-refractivity contribution in [2.45, 2.75) is 110 Å². The highest BCUT2D eigenvalue weighted by atomic mass is 16.4. The number of carbonyl (C=O) groups is 6. The lowest BCUT2D eigenvalue weighted by Crippen LogP contribution is -2.60. The van der Waals surface area contributed by atoms with Crippen LogP contribution in [0.4, 0.5) is 0 Å². The number of phenols is 1. The van der Waals surface area contributed by atoms with Crippen molar-refractivity contribution in [1.82, 2.24) is 26.6 Å². The van der Waals surface area contributed by atoms with Crippen LogP contribution in [-0.4, -0.2) is 106 Å². The number of aliphatic hydroxyl groups excluding tert-OH is 1. The number of guanidine groups is 1. The molecule has 18 nitrogen and oxygen atoms in total. The highest BCUT2D eigenvalue weighted by molar-refractivity contribution is 5.96. The van der Waals surface area contributed by atoms with Crippen molar-refractivity contribution in [1.29, 1.82) is 0 Å². The summed E-state index contributed by atoms with van der Waals surface area (Å²) in [7, 11) is 0. The Kier molecular flexibility index (Phi) is 18.4. The number of carbonyl (C=O) groups excluding carboxylic acids is 5. The number of hydrogen-bond donors (Lipinski definition) is 11. The normalized spacial score (nSPS) is 15.3. The van der Waals surface area contributed by atoms with E-state index in [1.165, 1.54) is 26.0 Å². The minimum Gasteiger partial charge on any atom is -0.508 e. The van der Waals surface area contributed by atoms with Gasteiger partial charge in [0.1, 0.15) is 29.9 Å². The summed E-state index contributed by atoms with van der Waals surface area (Å²) in [6.07, 6.45) is -0.948.